The van der Waals surface area contributed by atoms with Crippen LogP contribution in [0.1, 0.15) is 55.2 Å². The zero-order valence-electron chi connectivity index (χ0n) is 20.1. The number of aromatic carboxylic acids is 1. The molecule has 0 saturated carbocycles. The molecule has 12 heteroatoms. The number of rotatable bonds is 5. The molecule has 1 aliphatic rings. The van der Waals surface area contributed by atoms with Crippen molar-refractivity contribution in [1.29, 1.82) is 0 Å². The second kappa shape index (κ2) is 9.81. The molecule has 2 aromatic heterocycles. The number of hydrogen-bond acceptors (Lipinski definition) is 6. The Labute approximate surface area is 211 Å². The van der Waals surface area contributed by atoms with Crippen LogP contribution in [0.3, 0.4) is 0 Å². The van der Waals surface area contributed by atoms with Gasteiger partial charge in [0.1, 0.15) is 22.6 Å². The molecule has 192 valence electrons. The third kappa shape index (κ3) is 5.62. The van der Waals surface area contributed by atoms with Crippen LogP contribution in [0, 0.1) is 5.82 Å². The molecule has 3 N–H and O–H groups in total. The van der Waals surface area contributed by atoms with Crippen molar-refractivity contribution in [2.24, 2.45) is 0 Å². The van der Waals surface area contributed by atoms with Crippen molar-refractivity contribution < 1.29 is 23.8 Å². The minimum atomic E-state index is -1.31. The summed E-state index contributed by atoms with van der Waals surface area (Å²) in [5.41, 5.74) is -0.539. The topological polar surface area (TPSA) is 129 Å². The molecule has 0 unspecified atom stereocenters. The molecule has 1 fully saturated rings. The van der Waals surface area contributed by atoms with Gasteiger partial charge in [-0.05, 0) is 57.4 Å². The number of carboxylic acids is 1. The van der Waals surface area contributed by atoms with Crippen LogP contribution in [-0.2, 0) is 11.2 Å². The lowest BCUT2D eigenvalue weighted by Gasteiger charge is -2.34. The van der Waals surface area contributed by atoms with E-state index in [4.69, 9.17) is 16.3 Å². The van der Waals surface area contributed by atoms with Crippen LogP contribution in [0.2, 0.25) is 5.02 Å². The summed E-state index contributed by atoms with van der Waals surface area (Å²) in [6.07, 6.45) is 2.23. The molecule has 1 atom stereocenters. The molecular weight excluding hydrogens is 493 g/mol. The summed E-state index contributed by atoms with van der Waals surface area (Å²) in [5.74, 6) is -1.35. The Morgan fingerprint density at radius 3 is 2.81 bits per heavy atom. The molecular formula is C24H27ClFN5O5. The number of carbonyl (C=O) groups is 2. The van der Waals surface area contributed by atoms with Gasteiger partial charge in [-0.3, -0.25) is 4.79 Å². The number of alkyl carbamates (subject to hydrolysis) is 1. The highest BCUT2D eigenvalue weighted by Gasteiger charge is 2.29. The van der Waals surface area contributed by atoms with Crippen LogP contribution < -0.4 is 15.8 Å². The Kier molecular flexibility index (Phi) is 6.94. The molecule has 10 nitrogen and oxygen atoms in total. The molecule has 1 aliphatic heterocycles. The monoisotopic (exact) mass is 519 g/mol. The van der Waals surface area contributed by atoms with Crippen LogP contribution >= 0.6 is 11.6 Å². The van der Waals surface area contributed by atoms with Gasteiger partial charge in [-0.2, -0.15) is 0 Å². The van der Waals surface area contributed by atoms with E-state index in [1.807, 2.05) is 4.90 Å². The number of piperidine rings is 1. The molecule has 3 aromatic rings. The molecule has 3 heterocycles. The fraction of sp³-hybridized carbons (Fsp3) is 0.417. The Morgan fingerprint density at radius 1 is 1.36 bits per heavy atom. The second-order valence-corrected chi connectivity index (χ2v) is 10.1. The number of H-pyrrole nitrogens is 1. The summed E-state index contributed by atoms with van der Waals surface area (Å²) in [7, 11) is 0. The van der Waals surface area contributed by atoms with Crippen LogP contribution in [0.5, 0.6) is 0 Å². The van der Waals surface area contributed by atoms with Crippen molar-refractivity contribution in [1.82, 2.24) is 19.9 Å². The highest BCUT2D eigenvalue weighted by molar-refractivity contribution is 6.31. The van der Waals surface area contributed by atoms with Crippen molar-refractivity contribution in [2.75, 3.05) is 18.0 Å². The number of benzene rings is 1. The van der Waals surface area contributed by atoms with E-state index < -0.39 is 29.0 Å². The molecule has 1 amide bonds. The number of nitrogens with one attached hydrogen (secondary N) is 2. The maximum absolute atomic E-state index is 14.0. The second-order valence-electron chi connectivity index (χ2n) is 9.74. The summed E-state index contributed by atoms with van der Waals surface area (Å²) in [5, 5.41) is 17.1. The van der Waals surface area contributed by atoms with E-state index in [1.165, 1.54) is 28.9 Å². The summed E-state index contributed by atoms with van der Waals surface area (Å²) in [4.78, 5) is 41.0. The SMILES string of the molecule is CC(C)(C)OC(=O)N[C@@H]1CCCN(c2nn3cc(C(=O)O)[nH]c(=O)c3c2Cc2cc(F)ccc2Cl)C1. The Morgan fingerprint density at radius 2 is 2.11 bits per heavy atom. The van der Waals surface area contributed by atoms with E-state index in [1.54, 1.807) is 20.8 Å². The minimum absolute atomic E-state index is 0.0889. The van der Waals surface area contributed by atoms with E-state index >= 15 is 0 Å². The number of amides is 1. The molecule has 0 radical (unpaired) electrons. The number of carbonyl (C=O) groups excluding carboxylic acids is 1. The highest BCUT2D eigenvalue weighted by atomic mass is 35.5. The Balaban J connectivity index is 1.74. The smallest absolute Gasteiger partial charge is 0.407 e. The number of anilines is 1. The van der Waals surface area contributed by atoms with E-state index in [9.17, 15) is 23.9 Å². The summed E-state index contributed by atoms with van der Waals surface area (Å²) in [6, 6.07) is 3.73. The van der Waals surface area contributed by atoms with Gasteiger partial charge in [0.25, 0.3) is 5.56 Å². The number of aromatic amines is 1. The van der Waals surface area contributed by atoms with Gasteiger partial charge in [0, 0.05) is 36.1 Å². The first-order valence-electron chi connectivity index (χ1n) is 11.5. The number of ether oxygens (including phenoxy) is 1. The number of hydrogen-bond donors (Lipinski definition) is 3. The molecule has 0 bridgehead atoms. The lowest BCUT2D eigenvalue weighted by atomic mass is 10.0. The van der Waals surface area contributed by atoms with Crippen molar-refractivity contribution in [2.45, 2.75) is 51.7 Å². The lowest BCUT2D eigenvalue weighted by Crippen LogP contribution is -2.49. The predicted octanol–water partition coefficient (Wildman–Crippen LogP) is 3.60. The lowest BCUT2D eigenvalue weighted by molar-refractivity contribution is 0.0499. The first-order chi connectivity index (χ1) is 16.9. The van der Waals surface area contributed by atoms with Gasteiger partial charge in [0.15, 0.2) is 5.82 Å². The van der Waals surface area contributed by atoms with Gasteiger partial charge in [-0.15, -0.1) is 5.10 Å². The Bertz CT molecular complexity index is 1380. The third-order valence-electron chi connectivity index (χ3n) is 5.75. The standard InChI is InChI=1S/C24H27ClFN5O5/c1-24(2,3)36-23(35)27-15-5-4-8-30(11-15)20-16(10-13-9-14(26)6-7-17(13)25)19-21(32)28-18(22(33)34)12-31(19)29-20/h6-7,9,12,15H,4-5,8,10-11H2,1-3H3,(H,27,35)(H,28,32)(H,33,34)/t15-/m1/s1. The maximum Gasteiger partial charge on any atom is 0.407 e. The predicted molar refractivity (Wildman–Crippen MR) is 132 cm³/mol. The van der Waals surface area contributed by atoms with Crippen molar-refractivity contribution in [3.63, 3.8) is 0 Å². The van der Waals surface area contributed by atoms with E-state index in [0.29, 0.717) is 35.1 Å². The zero-order chi connectivity index (χ0) is 26.2. The van der Waals surface area contributed by atoms with Crippen LogP contribution in [0.25, 0.3) is 5.52 Å². The van der Waals surface area contributed by atoms with Crippen LogP contribution in [0.15, 0.2) is 29.2 Å². The van der Waals surface area contributed by atoms with Gasteiger partial charge in [-0.1, -0.05) is 11.6 Å². The van der Waals surface area contributed by atoms with Gasteiger partial charge >= 0.3 is 12.1 Å². The summed E-state index contributed by atoms with van der Waals surface area (Å²) < 4.78 is 20.6. The fourth-order valence-electron chi connectivity index (χ4n) is 4.28. The molecule has 1 saturated heterocycles. The van der Waals surface area contributed by atoms with Crippen molar-refractivity contribution >= 4 is 35.0 Å². The number of fused-ring (bicyclic) bond motifs is 1. The highest BCUT2D eigenvalue weighted by Crippen LogP contribution is 2.30. The first kappa shape index (κ1) is 25.5. The van der Waals surface area contributed by atoms with Gasteiger partial charge in [0.05, 0.1) is 6.20 Å². The molecule has 4 rings (SSSR count). The van der Waals surface area contributed by atoms with E-state index in [0.717, 1.165) is 12.8 Å². The quantitative estimate of drug-likeness (QED) is 0.469. The Hall–Kier alpha value is -3.60. The first-order valence-corrected chi connectivity index (χ1v) is 11.9. The summed E-state index contributed by atoms with van der Waals surface area (Å²) in [6.45, 7) is 6.32. The average Bonchev–Trinajstić information content (AvgIpc) is 3.14. The molecule has 0 aliphatic carbocycles. The molecule has 0 spiro atoms. The average molecular weight is 520 g/mol. The van der Waals surface area contributed by atoms with Gasteiger partial charge < -0.3 is 25.0 Å². The normalized spacial score (nSPS) is 16.2. The third-order valence-corrected chi connectivity index (χ3v) is 6.12. The molecule has 36 heavy (non-hydrogen) atoms. The van der Waals surface area contributed by atoms with Crippen LogP contribution in [-0.4, -0.2) is 56.5 Å². The minimum Gasteiger partial charge on any atom is -0.477 e. The fourth-order valence-corrected chi connectivity index (χ4v) is 4.47. The van der Waals surface area contributed by atoms with Crippen molar-refractivity contribution in [3.8, 4) is 0 Å². The van der Waals surface area contributed by atoms with E-state index in [2.05, 4.69) is 15.4 Å². The zero-order valence-corrected chi connectivity index (χ0v) is 20.9. The number of halogens is 2. The largest absolute Gasteiger partial charge is 0.477 e. The maximum atomic E-state index is 14.0. The van der Waals surface area contributed by atoms with Gasteiger partial charge in [-0.25, -0.2) is 18.5 Å². The number of nitrogens with zero attached hydrogens (tertiary/aromatic N) is 3. The van der Waals surface area contributed by atoms with E-state index in [-0.39, 0.29) is 23.7 Å². The van der Waals surface area contributed by atoms with Crippen molar-refractivity contribution in [3.05, 3.63) is 62.4 Å². The summed E-state index contributed by atoms with van der Waals surface area (Å²) >= 11 is 6.31. The van der Waals surface area contributed by atoms with Gasteiger partial charge in [0.2, 0.25) is 0 Å². The number of carboxylic acid groups (broad SMARTS) is 1. The van der Waals surface area contributed by atoms with Crippen LogP contribution in [0.4, 0.5) is 15.0 Å². The number of aromatic nitrogens is 3. The molecule has 1 aromatic carbocycles.